The van der Waals surface area contributed by atoms with Gasteiger partial charge in [0.1, 0.15) is 23.4 Å². The van der Waals surface area contributed by atoms with Gasteiger partial charge in [0.15, 0.2) is 5.16 Å². The third kappa shape index (κ3) is 3.79. The van der Waals surface area contributed by atoms with Gasteiger partial charge in [0.2, 0.25) is 17.7 Å². The van der Waals surface area contributed by atoms with Crippen molar-refractivity contribution in [2.75, 3.05) is 23.9 Å². The maximum atomic E-state index is 12.3. The normalized spacial score (nSPS) is 10.6. The van der Waals surface area contributed by atoms with E-state index in [1.807, 2.05) is 0 Å². The minimum absolute atomic E-state index is 0.0578. The minimum atomic E-state index is -0.936. The van der Waals surface area contributed by atoms with Crippen molar-refractivity contribution in [3.05, 3.63) is 16.9 Å². The van der Waals surface area contributed by atoms with Gasteiger partial charge in [-0.25, -0.2) is 4.79 Å². The number of anilines is 2. The van der Waals surface area contributed by atoms with Gasteiger partial charge in [0, 0.05) is 0 Å². The van der Waals surface area contributed by atoms with Crippen LogP contribution in [0.5, 0.6) is 0 Å². The van der Waals surface area contributed by atoms with E-state index in [0.717, 1.165) is 0 Å². The van der Waals surface area contributed by atoms with Crippen LogP contribution in [-0.2, 0) is 16.1 Å². The van der Waals surface area contributed by atoms with Gasteiger partial charge in [0.25, 0.3) is 5.91 Å². The van der Waals surface area contributed by atoms with Crippen molar-refractivity contribution in [1.29, 1.82) is 0 Å². The minimum Gasteiger partial charge on any atom is -0.462 e. The number of nitrogens with zero attached hydrogens (tertiary/aromatic N) is 3. The molecule has 0 aromatic carbocycles. The van der Waals surface area contributed by atoms with E-state index in [0.29, 0.717) is 5.16 Å². The second-order valence-electron chi connectivity index (χ2n) is 5.00. The van der Waals surface area contributed by atoms with Gasteiger partial charge < -0.3 is 20.6 Å². The van der Waals surface area contributed by atoms with Gasteiger partial charge in [-0.15, -0.1) is 10.2 Å². The number of primary amides is 1. The summed E-state index contributed by atoms with van der Waals surface area (Å²) in [6.45, 7) is 2.96. The van der Waals surface area contributed by atoms with Crippen LogP contribution in [0.4, 0.5) is 11.8 Å². The molecule has 0 aliphatic carbocycles. The van der Waals surface area contributed by atoms with Gasteiger partial charge in [0.05, 0.1) is 6.61 Å². The highest BCUT2D eigenvalue weighted by Crippen LogP contribution is 2.28. The van der Waals surface area contributed by atoms with Gasteiger partial charge in [-0.2, -0.15) is 0 Å². The summed E-state index contributed by atoms with van der Waals surface area (Å²) in [6, 6.07) is 0. The molecule has 26 heavy (non-hydrogen) atoms. The summed E-state index contributed by atoms with van der Waals surface area (Å²) < 4.78 is 11.6. The van der Waals surface area contributed by atoms with Crippen molar-refractivity contribution in [3.63, 3.8) is 0 Å². The van der Waals surface area contributed by atoms with E-state index in [4.69, 9.17) is 20.6 Å². The SMILES string of the molecule is CCOC(=O)c1c(C)oc(NC(=O)Cn2c(N)nnc2SC)c1C(N)=O. The first-order valence-corrected chi connectivity index (χ1v) is 8.65. The van der Waals surface area contributed by atoms with Crippen molar-refractivity contribution < 1.29 is 23.5 Å². The molecule has 140 valence electrons. The Morgan fingerprint density at radius 1 is 1.31 bits per heavy atom. The molecule has 5 N–H and O–H groups in total. The molecule has 0 unspecified atom stereocenters. The van der Waals surface area contributed by atoms with Crippen molar-refractivity contribution in [3.8, 4) is 0 Å². The molecule has 0 atom stereocenters. The van der Waals surface area contributed by atoms with Gasteiger partial charge >= 0.3 is 5.97 Å². The number of carbonyl (C=O) groups excluding carboxylic acids is 3. The quantitative estimate of drug-likeness (QED) is 0.453. The predicted octanol–water partition coefficient (Wildman–Crippen LogP) is 0.398. The molecule has 0 aliphatic rings. The Labute approximate surface area is 152 Å². The number of amides is 2. The second-order valence-corrected chi connectivity index (χ2v) is 5.77. The van der Waals surface area contributed by atoms with Gasteiger partial charge in [-0.1, -0.05) is 11.8 Å². The van der Waals surface area contributed by atoms with E-state index in [9.17, 15) is 14.4 Å². The number of nitrogens with two attached hydrogens (primary N) is 2. The van der Waals surface area contributed by atoms with Crippen LogP contribution in [0, 0.1) is 6.92 Å². The third-order valence-corrected chi connectivity index (χ3v) is 3.96. The average Bonchev–Trinajstić information content (AvgIpc) is 3.07. The van der Waals surface area contributed by atoms with Crippen molar-refractivity contribution in [1.82, 2.24) is 14.8 Å². The molecule has 2 aromatic rings. The summed E-state index contributed by atoms with van der Waals surface area (Å²) in [7, 11) is 0. The van der Waals surface area contributed by atoms with E-state index in [1.165, 1.54) is 23.3 Å². The van der Waals surface area contributed by atoms with E-state index < -0.39 is 17.8 Å². The average molecular weight is 382 g/mol. The zero-order valence-electron chi connectivity index (χ0n) is 14.4. The Kier molecular flexibility index (Phi) is 5.87. The maximum Gasteiger partial charge on any atom is 0.342 e. The van der Waals surface area contributed by atoms with Crippen LogP contribution in [0.2, 0.25) is 0 Å². The van der Waals surface area contributed by atoms with Crippen LogP contribution < -0.4 is 16.8 Å². The molecule has 2 heterocycles. The summed E-state index contributed by atoms with van der Waals surface area (Å²) >= 11 is 1.26. The van der Waals surface area contributed by atoms with Gasteiger partial charge in [-0.05, 0) is 20.1 Å². The van der Waals surface area contributed by atoms with E-state index in [1.54, 1.807) is 13.2 Å². The lowest BCUT2D eigenvalue weighted by Crippen LogP contribution is -2.23. The van der Waals surface area contributed by atoms with Crippen LogP contribution in [-0.4, -0.2) is 45.4 Å². The number of nitrogens with one attached hydrogen (secondary N) is 1. The number of furan rings is 1. The molecule has 0 bridgehead atoms. The fraction of sp³-hybridized carbons (Fsp3) is 0.357. The number of hydrogen-bond donors (Lipinski definition) is 3. The summed E-state index contributed by atoms with van der Waals surface area (Å²) in [5, 5.41) is 10.4. The number of ether oxygens (including phenoxy) is 1. The van der Waals surface area contributed by atoms with Crippen LogP contribution in [0.1, 0.15) is 33.4 Å². The molecule has 0 saturated heterocycles. The highest BCUT2D eigenvalue weighted by atomic mass is 32.2. The predicted molar refractivity (Wildman–Crippen MR) is 92.8 cm³/mol. The standard InChI is InChI=1S/C14H18N6O5S/c1-4-24-12(23)8-6(2)25-11(9(8)10(15)22)17-7(21)5-20-13(16)18-19-14(20)26-3/h4-5H2,1-3H3,(H2,15,22)(H2,16,18)(H,17,21). The molecule has 0 radical (unpaired) electrons. The van der Waals surface area contributed by atoms with Crippen molar-refractivity contribution in [2.24, 2.45) is 5.73 Å². The lowest BCUT2D eigenvalue weighted by atomic mass is 10.1. The molecule has 0 fully saturated rings. The fourth-order valence-corrected chi connectivity index (χ4v) is 2.73. The number of thioether (sulfide) groups is 1. The lowest BCUT2D eigenvalue weighted by Gasteiger charge is -2.07. The maximum absolute atomic E-state index is 12.3. The molecule has 12 heteroatoms. The second kappa shape index (κ2) is 7.91. The number of aryl methyl sites for hydroxylation is 1. The topological polar surface area (TPSA) is 168 Å². The molecule has 0 aliphatic heterocycles. The Morgan fingerprint density at radius 2 is 2.00 bits per heavy atom. The number of hydrogen-bond acceptors (Lipinski definition) is 9. The zero-order chi connectivity index (χ0) is 19.4. The first-order valence-electron chi connectivity index (χ1n) is 7.42. The molecule has 2 rings (SSSR count). The number of esters is 1. The summed E-state index contributed by atoms with van der Waals surface area (Å²) in [6.07, 6.45) is 1.75. The summed E-state index contributed by atoms with van der Waals surface area (Å²) in [5.74, 6) is -2.35. The Morgan fingerprint density at radius 3 is 2.58 bits per heavy atom. The van der Waals surface area contributed by atoms with Crippen LogP contribution in [0.15, 0.2) is 9.57 Å². The molecule has 2 amide bonds. The molecular weight excluding hydrogens is 364 g/mol. The Balaban J connectivity index is 2.30. The van der Waals surface area contributed by atoms with Crippen LogP contribution >= 0.6 is 11.8 Å². The number of aromatic nitrogens is 3. The zero-order valence-corrected chi connectivity index (χ0v) is 15.2. The fourth-order valence-electron chi connectivity index (χ4n) is 2.23. The molecule has 0 spiro atoms. The number of nitrogen functional groups attached to an aromatic ring is 1. The van der Waals surface area contributed by atoms with Crippen molar-refractivity contribution in [2.45, 2.75) is 25.5 Å². The van der Waals surface area contributed by atoms with E-state index >= 15 is 0 Å². The Bertz CT molecular complexity index is 858. The molecule has 0 saturated carbocycles. The van der Waals surface area contributed by atoms with Crippen LogP contribution in [0.25, 0.3) is 0 Å². The summed E-state index contributed by atoms with van der Waals surface area (Å²) in [5.41, 5.74) is 10.6. The number of carbonyl (C=O) groups is 3. The monoisotopic (exact) mass is 382 g/mol. The highest BCUT2D eigenvalue weighted by Gasteiger charge is 2.29. The first-order chi connectivity index (χ1) is 12.3. The highest BCUT2D eigenvalue weighted by molar-refractivity contribution is 7.98. The molecule has 11 nitrogen and oxygen atoms in total. The number of rotatable bonds is 7. The smallest absolute Gasteiger partial charge is 0.342 e. The summed E-state index contributed by atoms with van der Waals surface area (Å²) in [4.78, 5) is 36.1. The Hall–Kier alpha value is -3.02. The molecular formula is C14H18N6O5S. The van der Waals surface area contributed by atoms with Gasteiger partial charge in [-0.3, -0.25) is 19.5 Å². The first kappa shape index (κ1) is 19.3. The lowest BCUT2D eigenvalue weighted by molar-refractivity contribution is -0.116. The van der Waals surface area contributed by atoms with Crippen LogP contribution in [0.3, 0.4) is 0 Å². The van der Waals surface area contributed by atoms with E-state index in [2.05, 4.69) is 15.5 Å². The van der Waals surface area contributed by atoms with E-state index in [-0.39, 0.29) is 41.9 Å². The largest absolute Gasteiger partial charge is 0.462 e. The van der Waals surface area contributed by atoms with Crippen molar-refractivity contribution >= 4 is 41.4 Å². The molecule has 2 aromatic heterocycles. The third-order valence-electron chi connectivity index (χ3n) is 3.29.